The van der Waals surface area contributed by atoms with Gasteiger partial charge in [-0.15, -0.1) is 0 Å². The first-order valence-electron chi connectivity index (χ1n) is 6.92. The van der Waals surface area contributed by atoms with Crippen molar-refractivity contribution in [2.24, 2.45) is 0 Å². The molecule has 1 heterocycles. The Morgan fingerprint density at radius 1 is 1.32 bits per heavy atom. The fourth-order valence-corrected chi connectivity index (χ4v) is 2.20. The number of hydrogen-bond acceptors (Lipinski definition) is 3. The van der Waals surface area contributed by atoms with Gasteiger partial charge >= 0.3 is 0 Å². The lowest BCUT2D eigenvalue weighted by molar-refractivity contribution is -0.137. The van der Waals surface area contributed by atoms with Crippen molar-refractivity contribution in [1.82, 2.24) is 10.2 Å². The predicted octanol–water partition coefficient (Wildman–Crippen LogP) is 1.59. The third-order valence-corrected chi connectivity index (χ3v) is 3.42. The molecule has 1 amide bonds. The molecule has 1 aromatic carbocycles. The first-order chi connectivity index (χ1) is 9.27. The van der Waals surface area contributed by atoms with E-state index in [-0.39, 0.29) is 18.6 Å². The molecule has 0 aliphatic carbocycles. The summed E-state index contributed by atoms with van der Waals surface area (Å²) in [6, 6.07) is 9.98. The lowest BCUT2D eigenvalue weighted by atomic mass is 10.1. The molecule has 104 valence electrons. The highest BCUT2D eigenvalue weighted by molar-refractivity contribution is 5.77. The zero-order valence-electron chi connectivity index (χ0n) is 11.5. The summed E-state index contributed by atoms with van der Waals surface area (Å²) in [4.78, 5) is 13.9. The number of hydrogen-bond donors (Lipinski definition) is 1. The van der Waals surface area contributed by atoms with E-state index in [2.05, 4.69) is 5.32 Å². The smallest absolute Gasteiger partial charge is 0.248 e. The van der Waals surface area contributed by atoms with Crippen LogP contribution in [0.25, 0.3) is 0 Å². The molecule has 2 rings (SSSR count). The van der Waals surface area contributed by atoms with Crippen LogP contribution in [0.3, 0.4) is 0 Å². The van der Waals surface area contributed by atoms with E-state index in [1.165, 1.54) is 0 Å². The number of nitrogens with zero attached hydrogens (tertiary/aromatic N) is 1. The van der Waals surface area contributed by atoms with E-state index in [9.17, 15) is 4.79 Å². The zero-order chi connectivity index (χ0) is 13.5. The van der Waals surface area contributed by atoms with E-state index >= 15 is 0 Å². The average molecular weight is 262 g/mol. The average Bonchev–Trinajstić information content (AvgIpc) is 2.74. The van der Waals surface area contributed by atoms with Gasteiger partial charge in [-0.05, 0) is 25.5 Å². The van der Waals surface area contributed by atoms with E-state index in [0.717, 1.165) is 38.2 Å². The standard InChI is InChI=1S/C15H22N2O2/c1-13(14-6-3-2-4-7-14)19-12-15(18)17-10-5-8-16-9-11-17/h2-4,6-7,13,16H,5,8-12H2,1H3. The van der Waals surface area contributed by atoms with Crippen LogP contribution in [0.1, 0.15) is 25.0 Å². The maximum absolute atomic E-state index is 12.1. The molecule has 4 heteroatoms. The molecule has 0 bridgehead atoms. The molecule has 0 aromatic heterocycles. The molecule has 1 N–H and O–H groups in total. The second-order valence-corrected chi connectivity index (χ2v) is 4.85. The molecule has 19 heavy (non-hydrogen) atoms. The molecule has 0 spiro atoms. The summed E-state index contributed by atoms with van der Waals surface area (Å²) in [5, 5.41) is 3.29. The maximum atomic E-state index is 12.1. The summed E-state index contributed by atoms with van der Waals surface area (Å²) < 4.78 is 5.67. The van der Waals surface area contributed by atoms with Crippen LogP contribution in [-0.2, 0) is 9.53 Å². The Morgan fingerprint density at radius 3 is 2.89 bits per heavy atom. The highest BCUT2D eigenvalue weighted by Crippen LogP contribution is 2.15. The van der Waals surface area contributed by atoms with Crippen LogP contribution in [0.4, 0.5) is 0 Å². The van der Waals surface area contributed by atoms with Gasteiger partial charge in [0.1, 0.15) is 6.61 Å². The van der Waals surface area contributed by atoms with Crippen molar-refractivity contribution in [3.63, 3.8) is 0 Å². The van der Waals surface area contributed by atoms with Crippen molar-refractivity contribution in [3.05, 3.63) is 35.9 Å². The molecule has 1 aromatic rings. The summed E-state index contributed by atoms with van der Waals surface area (Å²) in [5.74, 6) is 0.0893. The number of amides is 1. The quantitative estimate of drug-likeness (QED) is 0.896. The molecular formula is C15H22N2O2. The largest absolute Gasteiger partial charge is 0.364 e. The van der Waals surface area contributed by atoms with Gasteiger partial charge in [-0.25, -0.2) is 0 Å². The second kappa shape index (κ2) is 7.26. The Labute approximate surface area is 114 Å². The molecule has 1 atom stereocenters. The van der Waals surface area contributed by atoms with Gasteiger partial charge < -0.3 is 15.0 Å². The van der Waals surface area contributed by atoms with Crippen LogP contribution in [0.2, 0.25) is 0 Å². The Balaban J connectivity index is 1.79. The Hall–Kier alpha value is -1.39. The van der Waals surface area contributed by atoms with E-state index < -0.39 is 0 Å². The van der Waals surface area contributed by atoms with Crippen LogP contribution in [0.5, 0.6) is 0 Å². The number of carbonyl (C=O) groups excluding carboxylic acids is 1. The number of ether oxygens (including phenoxy) is 1. The second-order valence-electron chi connectivity index (χ2n) is 4.85. The van der Waals surface area contributed by atoms with Gasteiger partial charge in [0.25, 0.3) is 0 Å². The fourth-order valence-electron chi connectivity index (χ4n) is 2.20. The van der Waals surface area contributed by atoms with E-state index in [0.29, 0.717) is 0 Å². The molecule has 0 radical (unpaired) electrons. The third-order valence-electron chi connectivity index (χ3n) is 3.42. The third kappa shape index (κ3) is 4.33. The van der Waals surface area contributed by atoms with Crippen molar-refractivity contribution in [2.75, 3.05) is 32.8 Å². The minimum Gasteiger partial charge on any atom is -0.364 e. The molecule has 1 aliphatic rings. The first-order valence-corrected chi connectivity index (χ1v) is 6.92. The summed E-state index contributed by atoms with van der Waals surface area (Å²) in [5.41, 5.74) is 1.10. The minimum atomic E-state index is -0.0461. The van der Waals surface area contributed by atoms with Crippen molar-refractivity contribution < 1.29 is 9.53 Å². The summed E-state index contributed by atoms with van der Waals surface area (Å²) >= 11 is 0. The molecule has 1 unspecified atom stereocenters. The Morgan fingerprint density at radius 2 is 2.11 bits per heavy atom. The topological polar surface area (TPSA) is 41.6 Å². The number of carbonyl (C=O) groups is 1. The van der Waals surface area contributed by atoms with Gasteiger partial charge in [0.2, 0.25) is 5.91 Å². The molecule has 1 fully saturated rings. The first kappa shape index (κ1) is 14.0. The zero-order valence-corrected chi connectivity index (χ0v) is 11.5. The van der Waals surface area contributed by atoms with Crippen LogP contribution in [0, 0.1) is 0 Å². The summed E-state index contributed by atoms with van der Waals surface area (Å²) in [6.07, 6.45) is 0.968. The van der Waals surface area contributed by atoms with Crippen LogP contribution < -0.4 is 5.32 Å². The number of nitrogens with one attached hydrogen (secondary N) is 1. The maximum Gasteiger partial charge on any atom is 0.248 e. The van der Waals surface area contributed by atoms with Gasteiger partial charge in [0.05, 0.1) is 6.10 Å². The van der Waals surface area contributed by atoms with Crippen LogP contribution in [0.15, 0.2) is 30.3 Å². The van der Waals surface area contributed by atoms with E-state index in [1.54, 1.807) is 0 Å². The normalized spacial score (nSPS) is 17.8. The van der Waals surface area contributed by atoms with Crippen molar-refractivity contribution >= 4 is 5.91 Å². The SMILES string of the molecule is CC(OCC(=O)N1CCCNCC1)c1ccccc1. The van der Waals surface area contributed by atoms with Gasteiger partial charge in [-0.2, -0.15) is 0 Å². The number of benzene rings is 1. The molecule has 1 saturated heterocycles. The molecule has 1 aliphatic heterocycles. The Bertz CT molecular complexity index is 386. The highest BCUT2D eigenvalue weighted by atomic mass is 16.5. The van der Waals surface area contributed by atoms with Crippen molar-refractivity contribution in [2.45, 2.75) is 19.4 Å². The number of rotatable bonds is 4. The molecule has 0 saturated carbocycles. The summed E-state index contributed by atoms with van der Waals surface area (Å²) in [6.45, 7) is 5.62. The van der Waals surface area contributed by atoms with Crippen LogP contribution in [-0.4, -0.2) is 43.6 Å². The van der Waals surface area contributed by atoms with Gasteiger partial charge in [0, 0.05) is 19.6 Å². The minimum absolute atomic E-state index is 0.0461. The van der Waals surface area contributed by atoms with E-state index in [1.807, 2.05) is 42.2 Å². The summed E-state index contributed by atoms with van der Waals surface area (Å²) in [7, 11) is 0. The highest BCUT2D eigenvalue weighted by Gasteiger charge is 2.16. The molecule has 4 nitrogen and oxygen atoms in total. The van der Waals surface area contributed by atoms with Crippen molar-refractivity contribution in [1.29, 1.82) is 0 Å². The fraction of sp³-hybridized carbons (Fsp3) is 0.533. The Kier molecular flexibility index (Phi) is 5.36. The van der Waals surface area contributed by atoms with E-state index in [4.69, 9.17) is 4.74 Å². The lowest BCUT2D eigenvalue weighted by Crippen LogP contribution is -2.36. The van der Waals surface area contributed by atoms with Gasteiger partial charge in [0.15, 0.2) is 0 Å². The predicted molar refractivity (Wildman–Crippen MR) is 74.9 cm³/mol. The molecular weight excluding hydrogens is 240 g/mol. The van der Waals surface area contributed by atoms with Gasteiger partial charge in [-0.1, -0.05) is 30.3 Å². The van der Waals surface area contributed by atoms with Gasteiger partial charge in [-0.3, -0.25) is 4.79 Å². The monoisotopic (exact) mass is 262 g/mol. The van der Waals surface area contributed by atoms with Crippen molar-refractivity contribution in [3.8, 4) is 0 Å². The lowest BCUT2D eigenvalue weighted by Gasteiger charge is -2.21. The van der Waals surface area contributed by atoms with Crippen LogP contribution >= 0.6 is 0 Å².